The predicted molar refractivity (Wildman–Crippen MR) is 43.9 cm³/mol. The topological polar surface area (TPSA) is 75.3 Å². The van der Waals surface area contributed by atoms with Gasteiger partial charge < -0.3 is 16.2 Å². The zero-order valence-corrected chi connectivity index (χ0v) is 7.69. The monoisotopic (exact) mass is 214 g/mol. The second-order valence-electron chi connectivity index (χ2n) is 3.31. The van der Waals surface area contributed by atoms with Gasteiger partial charge in [0.15, 0.2) is 0 Å². The van der Waals surface area contributed by atoms with E-state index < -0.39 is 24.2 Å². The fraction of sp³-hybridized carbons (Fsp3) is 0.857. The maximum Gasteiger partial charge on any atom is 0.405 e. The highest BCUT2D eigenvalue weighted by atomic mass is 19.4. The van der Waals surface area contributed by atoms with Crippen molar-refractivity contribution >= 4 is 6.09 Å². The van der Waals surface area contributed by atoms with E-state index in [1.807, 2.05) is 5.32 Å². The van der Waals surface area contributed by atoms with Crippen molar-refractivity contribution in [2.45, 2.75) is 31.5 Å². The summed E-state index contributed by atoms with van der Waals surface area (Å²) in [6, 6.07) is 0. The number of nitrogens with one attached hydrogen (secondary N) is 1. The molecule has 0 aliphatic rings. The third-order valence-corrected chi connectivity index (χ3v) is 1.82. The van der Waals surface area contributed by atoms with Crippen LogP contribution in [0.15, 0.2) is 0 Å². The van der Waals surface area contributed by atoms with Crippen LogP contribution >= 0.6 is 0 Å². The number of nitrogens with two attached hydrogens (primary N) is 1. The molecule has 4 nitrogen and oxygen atoms in total. The van der Waals surface area contributed by atoms with Gasteiger partial charge >= 0.3 is 12.3 Å². The van der Waals surface area contributed by atoms with Crippen LogP contribution in [0.25, 0.3) is 0 Å². The van der Waals surface area contributed by atoms with Gasteiger partial charge in [0.25, 0.3) is 0 Å². The van der Waals surface area contributed by atoms with Gasteiger partial charge in [-0.25, -0.2) is 4.79 Å². The molecular weight excluding hydrogens is 201 g/mol. The third-order valence-electron chi connectivity index (χ3n) is 1.82. The largest absolute Gasteiger partial charge is 0.465 e. The van der Waals surface area contributed by atoms with Crippen LogP contribution in [0.1, 0.15) is 19.8 Å². The van der Waals surface area contributed by atoms with E-state index in [4.69, 9.17) is 10.8 Å². The molecule has 1 atom stereocenters. The van der Waals surface area contributed by atoms with Gasteiger partial charge in [-0.2, -0.15) is 13.2 Å². The summed E-state index contributed by atoms with van der Waals surface area (Å²) in [6.45, 7) is 1.17. The molecule has 0 rings (SSSR count). The van der Waals surface area contributed by atoms with Crippen LogP contribution in [0, 0.1) is 0 Å². The molecule has 7 heteroatoms. The molecule has 1 unspecified atom stereocenters. The van der Waals surface area contributed by atoms with Crippen LogP contribution < -0.4 is 11.1 Å². The lowest BCUT2D eigenvalue weighted by atomic mass is 9.96. The minimum absolute atomic E-state index is 0.171. The SMILES string of the molecule is CC(CN)(CCC(F)(F)F)NC(=O)O. The van der Waals surface area contributed by atoms with Crippen LogP contribution in [0.3, 0.4) is 0 Å². The molecule has 0 aromatic carbocycles. The Kier molecular flexibility index (Phi) is 4.18. The smallest absolute Gasteiger partial charge is 0.405 e. The normalized spacial score (nSPS) is 16.1. The summed E-state index contributed by atoms with van der Waals surface area (Å²) in [6.07, 6.45) is -7.09. The average Bonchev–Trinajstić information content (AvgIpc) is 1.99. The van der Waals surface area contributed by atoms with Gasteiger partial charge in [0, 0.05) is 13.0 Å². The molecule has 0 aromatic heterocycles. The molecule has 0 saturated heterocycles. The minimum atomic E-state index is -4.30. The number of carboxylic acid groups (broad SMARTS) is 1. The molecule has 0 spiro atoms. The second-order valence-corrected chi connectivity index (χ2v) is 3.31. The van der Waals surface area contributed by atoms with Gasteiger partial charge in [0.1, 0.15) is 0 Å². The van der Waals surface area contributed by atoms with Crippen molar-refractivity contribution in [3.05, 3.63) is 0 Å². The van der Waals surface area contributed by atoms with Gasteiger partial charge in [-0.05, 0) is 13.3 Å². The number of hydrogen-bond donors (Lipinski definition) is 3. The van der Waals surface area contributed by atoms with Gasteiger partial charge in [-0.3, -0.25) is 0 Å². The zero-order chi connectivity index (χ0) is 11.4. The van der Waals surface area contributed by atoms with Crippen LogP contribution in [-0.4, -0.2) is 29.5 Å². The fourth-order valence-electron chi connectivity index (χ4n) is 0.891. The summed E-state index contributed by atoms with van der Waals surface area (Å²) in [5.74, 6) is 0. The molecule has 0 radical (unpaired) electrons. The Morgan fingerprint density at radius 3 is 2.21 bits per heavy atom. The molecular formula is C7H13F3N2O2. The molecule has 0 aliphatic carbocycles. The van der Waals surface area contributed by atoms with Crippen molar-refractivity contribution in [1.29, 1.82) is 0 Å². The molecule has 4 N–H and O–H groups in total. The first-order valence-corrected chi connectivity index (χ1v) is 3.96. The first-order chi connectivity index (χ1) is 6.18. The van der Waals surface area contributed by atoms with Crippen molar-refractivity contribution in [2.75, 3.05) is 6.54 Å². The number of amides is 1. The van der Waals surface area contributed by atoms with E-state index in [9.17, 15) is 18.0 Å². The molecule has 0 bridgehead atoms. The molecule has 1 amide bonds. The molecule has 0 aliphatic heterocycles. The third kappa shape index (κ3) is 5.63. The lowest BCUT2D eigenvalue weighted by molar-refractivity contribution is -0.138. The van der Waals surface area contributed by atoms with Crippen LogP contribution in [0.5, 0.6) is 0 Å². The first-order valence-electron chi connectivity index (χ1n) is 3.96. The summed E-state index contributed by atoms with van der Waals surface area (Å²) in [5, 5.41) is 10.3. The van der Waals surface area contributed by atoms with Crippen LogP contribution in [0.4, 0.5) is 18.0 Å². The second kappa shape index (κ2) is 4.50. The van der Waals surface area contributed by atoms with Crippen molar-refractivity contribution in [3.63, 3.8) is 0 Å². The molecule has 0 aromatic rings. The van der Waals surface area contributed by atoms with Gasteiger partial charge in [-0.1, -0.05) is 0 Å². The summed E-state index contributed by atoms with van der Waals surface area (Å²) in [4.78, 5) is 10.3. The van der Waals surface area contributed by atoms with E-state index in [0.717, 1.165) is 0 Å². The first kappa shape index (κ1) is 13.0. The standard InChI is InChI=1S/C7H13F3N2O2/c1-6(4-11,12-5(13)14)2-3-7(8,9)10/h12H,2-4,11H2,1H3,(H,13,14). The Morgan fingerprint density at radius 2 is 1.93 bits per heavy atom. The van der Waals surface area contributed by atoms with E-state index in [-0.39, 0.29) is 13.0 Å². The zero-order valence-electron chi connectivity index (χ0n) is 7.69. The highest BCUT2D eigenvalue weighted by Gasteiger charge is 2.33. The Labute approximate surface area is 79.3 Å². The number of rotatable bonds is 4. The lowest BCUT2D eigenvalue weighted by Crippen LogP contribution is -2.51. The van der Waals surface area contributed by atoms with Gasteiger partial charge in [0.2, 0.25) is 0 Å². The van der Waals surface area contributed by atoms with Crippen molar-refractivity contribution in [1.82, 2.24) is 5.32 Å². The highest BCUT2D eigenvalue weighted by molar-refractivity contribution is 5.65. The highest BCUT2D eigenvalue weighted by Crippen LogP contribution is 2.25. The van der Waals surface area contributed by atoms with Gasteiger partial charge in [-0.15, -0.1) is 0 Å². The molecule has 0 saturated carbocycles. The van der Waals surface area contributed by atoms with Crippen molar-refractivity contribution in [2.24, 2.45) is 5.73 Å². The van der Waals surface area contributed by atoms with Crippen molar-refractivity contribution < 1.29 is 23.1 Å². The van der Waals surface area contributed by atoms with Crippen molar-refractivity contribution in [3.8, 4) is 0 Å². The van der Waals surface area contributed by atoms with E-state index in [2.05, 4.69) is 0 Å². The van der Waals surface area contributed by atoms with E-state index in [1.54, 1.807) is 0 Å². The maximum absolute atomic E-state index is 11.8. The number of hydrogen-bond acceptors (Lipinski definition) is 2. The van der Waals surface area contributed by atoms with E-state index >= 15 is 0 Å². The Morgan fingerprint density at radius 1 is 1.43 bits per heavy atom. The Bertz CT molecular complexity index is 208. The lowest BCUT2D eigenvalue weighted by Gasteiger charge is -2.28. The maximum atomic E-state index is 11.8. The quantitative estimate of drug-likeness (QED) is 0.660. The average molecular weight is 214 g/mol. The van der Waals surface area contributed by atoms with E-state index in [1.165, 1.54) is 6.92 Å². The Hall–Kier alpha value is -0.980. The number of carbonyl (C=O) groups is 1. The summed E-state index contributed by atoms with van der Waals surface area (Å²) < 4.78 is 35.5. The summed E-state index contributed by atoms with van der Waals surface area (Å²) in [7, 11) is 0. The van der Waals surface area contributed by atoms with Gasteiger partial charge in [0.05, 0.1) is 5.54 Å². The molecule has 0 heterocycles. The minimum Gasteiger partial charge on any atom is -0.465 e. The number of halogens is 3. The summed E-state index contributed by atoms with van der Waals surface area (Å²) >= 11 is 0. The molecule has 84 valence electrons. The Balaban J connectivity index is 4.19. The predicted octanol–water partition coefficient (Wildman–Crippen LogP) is 1.31. The number of alkyl halides is 3. The summed E-state index contributed by atoms with van der Waals surface area (Å²) in [5.41, 5.74) is 3.97. The fourth-order valence-corrected chi connectivity index (χ4v) is 0.891. The molecule has 14 heavy (non-hydrogen) atoms. The van der Waals surface area contributed by atoms with Crippen LogP contribution in [-0.2, 0) is 0 Å². The van der Waals surface area contributed by atoms with E-state index in [0.29, 0.717) is 0 Å². The molecule has 0 fully saturated rings. The van der Waals surface area contributed by atoms with Crippen LogP contribution in [0.2, 0.25) is 0 Å².